The zero-order valence-corrected chi connectivity index (χ0v) is 7.58. The largest absolute Gasteiger partial charge is 0.327 e. The molecule has 0 fully saturated rings. The van der Waals surface area contributed by atoms with Crippen LogP contribution in [-0.4, -0.2) is 16.6 Å². The molecule has 0 amide bonds. The SMILES string of the molecule is CCP(CN)CI. The number of hydrogen-bond acceptors (Lipinski definition) is 1. The Kier molecular flexibility index (Phi) is 6.10. The number of alkyl halides is 1. The molecule has 0 rings (SSSR count). The van der Waals surface area contributed by atoms with Crippen molar-refractivity contribution >= 4 is 30.5 Å². The molecule has 0 aromatic heterocycles. The summed E-state index contributed by atoms with van der Waals surface area (Å²) >= 11 is 2.40. The Morgan fingerprint density at radius 2 is 2.29 bits per heavy atom. The van der Waals surface area contributed by atoms with Gasteiger partial charge in [-0.25, -0.2) is 0 Å². The summed E-state index contributed by atoms with van der Waals surface area (Å²) < 4.78 is 1.26. The van der Waals surface area contributed by atoms with Gasteiger partial charge >= 0.3 is 0 Å². The molecule has 0 aliphatic heterocycles. The maximum Gasteiger partial charge on any atom is 0.0210 e. The average Bonchev–Trinajstić information content (AvgIpc) is 1.72. The van der Waals surface area contributed by atoms with Crippen molar-refractivity contribution in [3.63, 3.8) is 0 Å². The first-order valence-corrected chi connectivity index (χ1v) is 5.75. The summed E-state index contributed by atoms with van der Waals surface area (Å²) in [7, 11) is 0.210. The average molecular weight is 231 g/mol. The van der Waals surface area contributed by atoms with Crippen LogP contribution >= 0.6 is 30.5 Å². The van der Waals surface area contributed by atoms with Crippen LogP contribution in [0.2, 0.25) is 0 Å². The fourth-order valence-electron chi connectivity index (χ4n) is 0.262. The molecule has 0 heterocycles. The second kappa shape index (κ2) is 5.26. The maximum absolute atomic E-state index is 5.42. The molecule has 0 spiro atoms. The van der Waals surface area contributed by atoms with E-state index in [1.165, 1.54) is 10.3 Å². The van der Waals surface area contributed by atoms with Crippen LogP contribution in [0.25, 0.3) is 0 Å². The molecule has 0 aromatic rings. The van der Waals surface area contributed by atoms with Crippen LogP contribution in [0.15, 0.2) is 0 Å². The molecular weight excluding hydrogens is 220 g/mol. The van der Waals surface area contributed by atoms with E-state index in [9.17, 15) is 0 Å². The molecule has 2 N–H and O–H groups in total. The van der Waals surface area contributed by atoms with Crippen LogP contribution in [0.3, 0.4) is 0 Å². The van der Waals surface area contributed by atoms with Crippen LogP contribution < -0.4 is 5.73 Å². The summed E-state index contributed by atoms with van der Waals surface area (Å²) in [6.45, 7) is 2.21. The standard InChI is InChI=1S/C4H11INP/c1-2-7(3-5)4-6/h2-4,6H2,1H3. The number of rotatable bonds is 3. The van der Waals surface area contributed by atoms with Gasteiger partial charge < -0.3 is 5.73 Å². The van der Waals surface area contributed by atoms with Gasteiger partial charge in [-0.3, -0.25) is 0 Å². The summed E-state index contributed by atoms with van der Waals surface area (Å²) in [4.78, 5) is 0. The van der Waals surface area contributed by atoms with Crippen molar-refractivity contribution in [1.29, 1.82) is 0 Å². The van der Waals surface area contributed by atoms with E-state index in [1.807, 2.05) is 0 Å². The van der Waals surface area contributed by atoms with Crippen molar-refractivity contribution in [2.75, 3.05) is 16.6 Å². The highest BCUT2D eigenvalue weighted by atomic mass is 127. The molecule has 0 aromatic carbocycles. The summed E-state index contributed by atoms with van der Waals surface area (Å²) in [6.07, 6.45) is 2.20. The van der Waals surface area contributed by atoms with E-state index in [2.05, 4.69) is 29.5 Å². The molecule has 0 saturated carbocycles. The first-order chi connectivity index (χ1) is 3.35. The van der Waals surface area contributed by atoms with Crippen LogP contribution in [0.1, 0.15) is 6.92 Å². The lowest BCUT2D eigenvalue weighted by Gasteiger charge is -2.05. The molecule has 0 aliphatic rings. The number of hydrogen-bond donors (Lipinski definition) is 1. The zero-order chi connectivity index (χ0) is 5.70. The van der Waals surface area contributed by atoms with Gasteiger partial charge in [-0.2, -0.15) is 0 Å². The zero-order valence-electron chi connectivity index (χ0n) is 4.52. The van der Waals surface area contributed by atoms with Crippen LogP contribution in [0.4, 0.5) is 0 Å². The summed E-state index contributed by atoms with van der Waals surface area (Å²) in [5, 5.41) is 0. The van der Waals surface area contributed by atoms with Crippen LogP contribution in [-0.2, 0) is 0 Å². The predicted molar refractivity (Wildman–Crippen MR) is 45.4 cm³/mol. The van der Waals surface area contributed by atoms with Crippen LogP contribution in [0.5, 0.6) is 0 Å². The fraction of sp³-hybridized carbons (Fsp3) is 1.00. The summed E-state index contributed by atoms with van der Waals surface area (Å²) in [5.41, 5.74) is 5.42. The second-order valence-corrected chi connectivity index (χ2v) is 5.91. The van der Waals surface area contributed by atoms with E-state index in [4.69, 9.17) is 5.73 Å². The van der Waals surface area contributed by atoms with Gasteiger partial charge in [0.15, 0.2) is 0 Å². The smallest absolute Gasteiger partial charge is 0.0210 e. The number of halogens is 1. The lowest BCUT2D eigenvalue weighted by Crippen LogP contribution is -1.98. The van der Waals surface area contributed by atoms with Gasteiger partial charge in [-0.05, 0) is 6.16 Å². The molecule has 0 aliphatic carbocycles. The van der Waals surface area contributed by atoms with Gasteiger partial charge in [0.25, 0.3) is 0 Å². The lowest BCUT2D eigenvalue weighted by molar-refractivity contribution is 1.34. The Morgan fingerprint density at radius 3 is 2.29 bits per heavy atom. The van der Waals surface area contributed by atoms with Crippen molar-refractivity contribution < 1.29 is 0 Å². The van der Waals surface area contributed by atoms with E-state index in [0.29, 0.717) is 0 Å². The number of nitrogens with two attached hydrogens (primary N) is 1. The normalized spacial score (nSPS) is 14.1. The van der Waals surface area contributed by atoms with Crippen LogP contribution in [0, 0.1) is 0 Å². The third-order valence-electron chi connectivity index (χ3n) is 0.874. The minimum absolute atomic E-state index is 0.210. The fourth-order valence-corrected chi connectivity index (χ4v) is 3.07. The van der Waals surface area contributed by atoms with Gasteiger partial charge in [0, 0.05) is 10.5 Å². The summed E-state index contributed by atoms with van der Waals surface area (Å²) in [5.74, 6) is 0. The van der Waals surface area contributed by atoms with E-state index >= 15 is 0 Å². The monoisotopic (exact) mass is 231 g/mol. The Hall–Kier alpha value is 1.12. The molecule has 0 saturated heterocycles. The molecule has 44 valence electrons. The maximum atomic E-state index is 5.42. The first-order valence-electron chi connectivity index (χ1n) is 2.33. The van der Waals surface area contributed by atoms with Gasteiger partial charge in [0.1, 0.15) is 0 Å². The molecular formula is C4H11INP. The Labute approximate surface area is 59.9 Å². The molecule has 7 heavy (non-hydrogen) atoms. The minimum atomic E-state index is 0.210. The molecule has 1 atom stereocenters. The van der Waals surface area contributed by atoms with E-state index in [0.717, 1.165) is 6.29 Å². The van der Waals surface area contributed by atoms with Gasteiger partial charge in [0.05, 0.1) is 0 Å². The van der Waals surface area contributed by atoms with Crippen molar-refractivity contribution in [2.24, 2.45) is 5.73 Å². The van der Waals surface area contributed by atoms with E-state index in [-0.39, 0.29) is 7.92 Å². The topological polar surface area (TPSA) is 26.0 Å². The Morgan fingerprint density at radius 1 is 1.71 bits per heavy atom. The molecule has 3 heteroatoms. The third kappa shape index (κ3) is 3.68. The third-order valence-corrected chi connectivity index (χ3v) is 5.52. The first kappa shape index (κ1) is 8.12. The van der Waals surface area contributed by atoms with Crippen molar-refractivity contribution in [3.8, 4) is 0 Å². The van der Waals surface area contributed by atoms with Crippen molar-refractivity contribution in [1.82, 2.24) is 0 Å². The Bertz CT molecular complexity index is 33.2. The second-order valence-electron chi connectivity index (χ2n) is 1.29. The van der Waals surface area contributed by atoms with Gasteiger partial charge in [-0.1, -0.05) is 37.4 Å². The van der Waals surface area contributed by atoms with E-state index < -0.39 is 0 Å². The predicted octanol–water partition coefficient (Wildman–Crippen LogP) is 1.80. The van der Waals surface area contributed by atoms with Crippen molar-refractivity contribution in [2.45, 2.75) is 6.92 Å². The Balaban J connectivity index is 2.99. The highest BCUT2D eigenvalue weighted by molar-refractivity contribution is 14.1. The molecule has 1 nitrogen and oxygen atoms in total. The quantitative estimate of drug-likeness (QED) is 0.447. The molecule has 0 bridgehead atoms. The van der Waals surface area contributed by atoms with Crippen molar-refractivity contribution in [3.05, 3.63) is 0 Å². The lowest BCUT2D eigenvalue weighted by atomic mass is 11.0. The highest BCUT2D eigenvalue weighted by Gasteiger charge is 1.95. The minimum Gasteiger partial charge on any atom is -0.327 e. The van der Waals surface area contributed by atoms with E-state index in [1.54, 1.807) is 0 Å². The van der Waals surface area contributed by atoms with Gasteiger partial charge in [0.2, 0.25) is 0 Å². The summed E-state index contributed by atoms with van der Waals surface area (Å²) in [6, 6.07) is 0. The van der Waals surface area contributed by atoms with Gasteiger partial charge in [-0.15, -0.1) is 0 Å². The molecule has 0 radical (unpaired) electrons. The molecule has 1 unspecified atom stereocenters. The highest BCUT2D eigenvalue weighted by Crippen LogP contribution is 2.33.